The molecular formula is C18H17FN2O2S. The molecule has 24 heavy (non-hydrogen) atoms. The number of para-hydroxylation sites is 1. The number of nitrogens with zero attached hydrogens (tertiary/aromatic N) is 1. The third-order valence-electron chi connectivity index (χ3n) is 3.83. The van der Waals surface area contributed by atoms with Gasteiger partial charge in [-0.3, -0.25) is 9.59 Å². The van der Waals surface area contributed by atoms with Gasteiger partial charge in [0.25, 0.3) is 0 Å². The molecule has 6 heteroatoms. The summed E-state index contributed by atoms with van der Waals surface area (Å²) < 4.78 is 12.9. The van der Waals surface area contributed by atoms with Gasteiger partial charge in [0.2, 0.25) is 11.8 Å². The van der Waals surface area contributed by atoms with Crippen molar-refractivity contribution in [2.24, 2.45) is 0 Å². The molecule has 124 valence electrons. The Morgan fingerprint density at radius 2 is 1.92 bits per heavy atom. The maximum absolute atomic E-state index is 12.9. The van der Waals surface area contributed by atoms with Crippen molar-refractivity contribution in [3.8, 4) is 0 Å². The summed E-state index contributed by atoms with van der Waals surface area (Å²) in [4.78, 5) is 27.1. The van der Waals surface area contributed by atoms with Gasteiger partial charge in [0, 0.05) is 24.9 Å². The molecule has 1 aliphatic heterocycles. The smallest absolute Gasteiger partial charge is 0.238 e. The average Bonchev–Trinajstić information content (AvgIpc) is 2.57. The molecule has 1 atom stereocenters. The number of hydrogen-bond acceptors (Lipinski definition) is 3. The van der Waals surface area contributed by atoms with Crippen LogP contribution in [-0.2, 0) is 16.1 Å². The summed E-state index contributed by atoms with van der Waals surface area (Å²) in [6.07, 6.45) is 0.128. The fraction of sp³-hybridized carbons (Fsp3) is 0.222. The van der Waals surface area contributed by atoms with Crippen LogP contribution >= 0.6 is 11.8 Å². The van der Waals surface area contributed by atoms with Gasteiger partial charge in [0.15, 0.2) is 0 Å². The molecule has 2 aromatic carbocycles. The SMILES string of the molecule is CN(Cc1ccc(F)cc1)C(=O)CC1Sc2ccccc2NC1=O. The largest absolute Gasteiger partial charge is 0.341 e. The molecule has 0 aromatic heterocycles. The summed E-state index contributed by atoms with van der Waals surface area (Å²) in [6, 6.07) is 13.6. The van der Waals surface area contributed by atoms with E-state index in [0.29, 0.717) is 6.54 Å². The van der Waals surface area contributed by atoms with Gasteiger partial charge in [0.05, 0.1) is 10.9 Å². The zero-order valence-electron chi connectivity index (χ0n) is 13.2. The van der Waals surface area contributed by atoms with Crippen LogP contribution < -0.4 is 5.32 Å². The van der Waals surface area contributed by atoms with Crippen molar-refractivity contribution in [2.45, 2.75) is 23.1 Å². The number of halogens is 1. The van der Waals surface area contributed by atoms with Crippen LogP contribution in [0.1, 0.15) is 12.0 Å². The lowest BCUT2D eigenvalue weighted by atomic mass is 10.2. The molecule has 0 radical (unpaired) electrons. The van der Waals surface area contributed by atoms with Gasteiger partial charge in [-0.15, -0.1) is 11.8 Å². The zero-order valence-corrected chi connectivity index (χ0v) is 14.0. The molecule has 2 amide bonds. The summed E-state index contributed by atoms with van der Waals surface area (Å²) in [5, 5.41) is 2.40. The average molecular weight is 344 g/mol. The van der Waals surface area contributed by atoms with Crippen molar-refractivity contribution in [3.05, 3.63) is 59.9 Å². The number of rotatable bonds is 4. The first-order valence-electron chi connectivity index (χ1n) is 7.58. The molecule has 1 aliphatic rings. The van der Waals surface area contributed by atoms with E-state index in [1.165, 1.54) is 23.9 Å². The normalized spacial score (nSPS) is 16.2. The third-order valence-corrected chi connectivity index (χ3v) is 5.10. The highest BCUT2D eigenvalue weighted by Crippen LogP contribution is 2.36. The predicted octanol–water partition coefficient (Wildman–Crippen LogP) is 3.29. The van der Waals surface area contributed by atoms with Crippen LogP contribution in [-0.4, -0.2) is 29.0 Å². The number of thioether (sulfide) groups is 1. The summed E-state index contributed by atoms with van der Waals surface area (Å²) in [7, 11) is 1.69. The molecule has 0 aliphatic carbocycles. The molecule has 1 unspecified atom stereocenters. The number of nitrogens with one attached hydrogen (secondary N) is 1. The number of hydrogen-bond donors (Lipinski definition) is 1. The molecule has 0 spiro atoms. The number of amides is 2. The lowest BCUT2D eigenvalue weighted by molar-refractivity contribution is -0.131. The minimum absolute atomic E-state index is 0.119. The molecule has 0 saturated heterocycles. The highest BCUT2D eigenvalue weighted by molar-refractivity contribution is 8.01. The van der Waals surface area contributed by atoms with Gasteiger partial charge in [-0.05, 0) is 29.8 Å². The van der Waals surface area contributed by atoms with Crippen molar-refractivity contribution in [3.63, 3.8) is 0 Å². The van der Waals surface area contributed by atoms with Gasteiger partial charge in [-0.25, -0.2) is 4.39 Å². The van der Waals surface area contributed by atoms with Crippen molar-refractivity contribution in [1.82, 2.24) is 4.90 Å². The summed E-state index contributed by atoms with van der Waals surface area (Å²) >= 11 is 1.41. The number of carbonyl (C=O) groups excluding carboxylic acids is 2. The van der Waals surface area contributed by atoms with Gasteiger partial charge in [0.1, 0.15) is 5.82 Å². The van der Waals surface area contributed by atoms with Crippen LogP contribution in [0.4, 0.5) is 10.1 Å². The number of anilines is 1. The maximum atomic E-state index is 12.9. The third kappa shape index (κ3) is 3.76. The molecule has 2 aromatic rings. The Kier molecular flexibility index (Phi) is 4.85. The Bertz CT molecular complexity index is 764. The second-order valence-electron chi connectivity index (χ2n) is 5.67. The molecule has 0 saturated carbocycles. The first kappa shape index (κ1) is 16.5. The quantitative estimate of drug-likeness (QED) is 0.926. The van der Waals surface area contributed by atoms with Crippen molar-refractivity contribution < 1.29 is 14.0 Å². The standard InChI is InChI=1S/C18H17FN2O2S/c1-21(11-12-6-8-13(19)9-7-12)17(22)10-16-18(23)20-14-4-2-3-5-15(14)24-16/h2-9,16H,10-11H2,1H3,(H,20,23). The second kappa shape index (κ2) is 7.05. The van der Waals surface area contributed by atoms with Crippen LogP contribution in [0.3, 0.4) is 0 Å². The number of benzene rings is 2. The number of carbonyl (C=O) groups is 2. The molecule has 0 bridgehead atoms. The van der Waals surface area contributed by atoms with E-state index in [-0.39, 0.29) is 24.1 Å². The monoisotopic (exact) mass is 344 g/mol. The Morgan fingerprint density at radius 3 is 2.67 bits per heavy atom. The highest BCUT2D eigenvalue weighted by Gasteiger charge is 2.29. The van der Waals surface area contributed by atoms with E-state index in [9.17, 15) is 14.0 Å². The van der Waals surface area contributed by atoms with Gasteiger partial charge < -0.3 is 10.2 Å². The van der Waals surface area contributed by atoms with Crippen molar-refractivity contribution in [1.29, 1.82) is 0 Å². The van der Waals surface area contributed by atoms with Crippen LogP contribution in [0.2, 0.25) is 0 Å². The predicted molar refractivity (Wildman–Crippen MR) is 92.2 cm³/mol. The van der Waals surface area contributed by atoms with E-state index in [4.69, 9.17) is 0 Å². The fourth-order valence-electron chi connectivity index (χ4n) is 2.49. The Morgan fingerprint density at radius 1 is 1.21 bits per heavy atom. The van der Waals surface area contributed by atoms with Crippen LogP contribution in [0, 0.1) is 5.82 Å². The molecular weight excluding hydrogens is 327 g/mol. The Balaban J connectivity index is 1.62. The van der Waals surface area contributed by atoms with E-state index in [0.717, 1.165) is 16.1 Å². The van der Waals surface area contributed by atoms with Crippen LogP contribution in [0.15, 0.2) is 53.4 Å². The van der Waals surface area contributed by atoms with E-state index in [1.807, 2.05) is 24.3 Å². The van der Waals surface area contributed by atoms with Gasteiger partial charge in [-0.1, -0.05) is 24.3 Å². The Hall–Kier alpha value is -2.34. The fourth-order valence-corrected chi connectivity index (χ4v) is 3.59. The Labute approximate surface area is 144 Å². The van der Waals surface area contributed by atoms with Gasteiger partial charge >= 0.3 is 0 Å². The maximum Gasteiger partial charge on any atom is 0.238 e. The van der Waals surface area contributed by atoms with E-state index in [2.05, 4.69) is 5.32 Å². The molecule has 4 nitrogen and oxygen atoms in total. The number of fused-ring (bicyclic) bond motifs is 1. The van der Waals surface area contributed by atoms with Crippen molar-refractivity contribution in [2.75, 3.05) is 12.4 Å². The zero-order chi connectivity index (χ0) is 17.1. The minimum Gasteiger partial charge on any atom is -0.341 e. The topological polar surface area (TPSA) is 49.4 Å². The van der Waals surface area contributed by atoms with E-state index < -0.39 is 5.25 Å². The second-order valence-corrected chi connectivity index (χ2v) is 6.92. The molecule has 1 N–H and O–H groups in total. The van der Waals surface area contributed by atoms with Crippen LogP contribution in [0.5, 0.6) is 0 Å². The summed E-state index contributed by atoms with van der Waals surface area (Å²) in [6.45, 7) is 0.384. The minimum atomic E-state index is -0.442. The van der Waals surface area contributed by atoms with Crippen LogP contribution in [0.25, 0.3) is 0 Å². The first-order valence-corrected chi connectivity index (χ1v) is 8.46. The molecule has 1 heterocycles. The first-order chi connectivity index (χ1) is 11.5. The van der Waals surface area contributed by atoms with Crippen molar-refractivity contribution >= 4 is 29.3 Å². The molecule has 3 rings (SSSR count). The molecule has 0 fully saturated rings. The van der Waals surface area contributed by atoms with Gasteiger partial charge in [-0.2, -0.15) is 0 Å². The van der Waals surface area contributed by atoms with E-state index in [1.54, 1.807) is 24.1 Å². The lowest BCUT2D eigenvalue weighted by Gasteiger charge is -2.25. The summed E-state index contributed by atoms with van der Waals surface area (Å²) in [5.74, 6) is -0.574. The summed E-state index contributed by atoms with van der Waals surface area (Å²) in [5.41, 5.74) is 1.63. The highest BCUT2D eigenvalue weighted by atomic mass is 32.2. The van der Waals surface area contributed by atoms with E-state index >= 15 is 0 Å². The lowest BCUT2D eigenvalue weighted by Crippen LogP contribution is -2.35.